The first kappa shape index (κ1) is 21.4. The molecule has 29 heavy (non-hydrogen) atoms. The first-order valence-electron chi connectivity index (χ1n) is 10.3. The summed E-state index contributed by atoms with van der Waals surface area (Å²) < 4.78 is 11.2. The van der Waals surface area contributed by atoms with Gasteiger partial charge >= 0.3 is 12.1 Å². The van der Waals surface area contributed by atoms with Gasteiger partial charge in [0.05, 0.1) is 12.2 Å². The Bertz CT molecular complexity index is 715. The van der Waals surface area contributed by atoms with Gasteiger partial charge in [-0.3, -0.25) is 0 Å². The van der Waals surface area contributed by atoms with E-state index in [1.165, 1.54) is 0 Å². The van der Waals surface area contributed by atoms with Gasteiger partial charge in [-0.25, -0.2) is 9.59 Å². The lowest BCUT2D eigenvalue weighted by Gasteiger charge is -2.23. The molecule has 2 heterocycles. The molecule has 2 saturated heterocycles. The normalized spacial score (nSPS) is 21.1. The number of likely N-dealkylation sites (N-methyl/N-ethyl adjacent to an activating group) is 2. The van der Waals surface area contributed by atoms with Crippen molar-refractivity contribution >= 4 is 23.4 Å². The molecule has 0 bridgehead atoms. The van der Waals surface area contributed by atoms with E-state index < -0.39 is 0 Å². The number of nitrogens with zero attached hydrogens (tertiary/aromatic N) is 2. The van der Waals surface area contributed by atoms with Crippen molar-refractivity contribution in [3.63, 3.8) is 0 Å². The number of benzene rings is 1. The van der Waals surface area contributed by atoms with E-state index in [0.717, 1.165) is 44.5 Å². The van der Waals surface area contributed by atoms with Crippen LogP contribution in [0.1, 0.15) is 31.2 Å². The summed E-state index contributed by atoms with van der Waals surface area (Å²) in [5.74, 6) is 0. The lowest BCUT2D eigenvalue weighted by Crippen LogP contribution is -2.37. The number of hydrogen-bond donors (Lipinski definition) is 2. The van der Waals surface area contributed by atoms with Crippen LogP contribution in [0.5, 0.6) is 0 Å². The summed E-state index contributed by atoms with van der Waals surface area (Å²) >= 11 is 0. The van der Waals surface area contributed by atoms with Crippen molar-refractivity contribution in [2.24, 2.45) is 0 Å². The first-order chi connectivity index (χ1) is 13.9. The monoisotopic (exact) mass is 404 g/mol. The molecule has 0 radical (unpaired) electrons. The Balaban J connectivity index is 1.55. The minimum atomic E-state index is -0.197. The molecule has 1 aromatic carbocycles. The molecule has 0 saturated carbocycles. The number of urea groups is 2. The second-order valence-corrected chi connectivity index (χ2v) is 7.92. The van der Waals surface area contributed by atoms with Gasteiger partial charge in [-0.1, -0.05) is 6.07 Å². The summed E-state index contributed by atoms with van der Waals surface area (Å²) in [6.07, 6.45) is 4.27. The molecule has 160 valence electrons. The van der Waals surface area contributed by atoms with E-state index in [2.05, 4.69) is 10.6 Å². The molecular formula is C21H32N4O4. The second-order valence-electron chi connectivity index (χ2n) is 7.92. The van der Waals surface area contributed by atoms with E-state index in [0.29, 0.717) is 24.5 Å². The molecule has 2 aliphatic rings. The van der Waals surface area contributed by atoms with Crippen LogP contribution < -0.4 is 10.6 Å². The van der Waals surface area contributed by atoms with Crippen LogP contribution >= 0.6 is 0 Å². The lowest BCUT2D eigenvalue weighted by atomic mass is 10.2. The first-order valence-corrected chi connectivity index (χ1v) is 10.3. The molecule has 8 heteroatoms. The summed E-state index contributed by atoms with van der Waals surface area (Å²) in [6.45, 7) is 4.58. The van der Waals surface area contributed by atoms with Gasteiger partial charge in [-0.05, 0) is 50.3 Å². The van der Waals surface area contributed by atoms with Crippen molar-refractivity contribution in [2.45, 2.75) is 44.8 Å². The van der Waals surface area contributed by atoms with E-state index in [1.54, 1.807) is 30.0 Å². The molecule has 2 aliphatic heterocycles. The molecule has 0 aromatic heterocycles. The van der Waals surface area contributed by atoms with E-state index >= 15 is 0 Å². The Morgan fingerprint density at radius 1 is 0.966 bits per heavy atom. The standard InChI is InChI=1S/C21H32N4O4/c1-15-8-9-16(22-20(26)24(2)13-17-6-4-10-28-17)12-19(15)23-21(27)25(3)14-18-7-5-11-29-18/h8-9,12,17-18H,4-7,10-11,13-14H2,1-3H3,(H,22,26)(H,23,27). The Labute approximate surface area is 172 Å². The number of hydrogen-bond acceptors (Lipinski definition) is 4. The van der Waals surface area contributed by atoms with Gasteiger partial charge < -0.3 is 29.9 Å². The Morgan fingerprint density at radius 2 is 1.52 bits per heavy atom. The minimum Gasteiger partial charge on any atom is -0.376 e. The zero-order valence-electron chi connectivity index (χ0n) is 17.6. The average molecular weight is 405 g/mol. The van der Waals surface area contributed by atoms with Gasteiger partial charge in [0.15, 0.2) is 0 Å². The van der Waals surface area contributed by atoms with Crippen LogP contribution in [0, 0.1) is 6.92 Å². The van der Waals surface area contributed by atoms with Crippen molar-refractivity contribution in [3.05, 3.63) is 23.8 Å². The van der Waals surface area contributed by atoms with Crippen LogP contribution in [-0.4, -0.2) is 74.5 Å². The van der Waals surface area contributed by atoms with Crippen LogP contribution in [0.2, 0.25) is 0 Å². The number of nitrogens with one attached hydrogen (secondary N) is 2. The fourth-order valence-corrected chi connectivity index (χ4v) is 3.62. The van der Waals surface area contributed by atoms with Gasteiger partial charge in [0.1, 0.15) is 0 Å². The summed E-state index contributed by atoms with van der Waals surface area (Å²) in [4.78, 5) is 28.3. The Morgan fingerprint density at radius 3 is 2.03 bits per heavy atom. The summed E-state index contributed by atoms with van der Waals surface area (Å²) in [5.41, 5.74) is 2.24. The number of carbonyl (C=O) groups is 2. The summed E-state index contributed by atoms with van der Waals surface area (Å²) in [7, 11) is 3.52. The molecular weight excluding hydrogens is 372 g/mol. The number of rotatable bonds is 6. The molecule has 0 spiro atoms. The minimum absolute atomic E-state index is 0.108. The Hall–Kier alpha value is -2.32. The van der Waals surface area contributed by atoms with Gasteiger partial charge in [0.25, 0.3) is 0 Å². The third kappa shape index (κ3) is 6.08. The van der Waals surface area contributed by atoms with E-state index in [9.17, 15) is 9.59 Å². The molecule has 0 aliphatic carbocycles. The maximum atomic E-state index is 12.5. The second kappa shape index (κ2) is 9.93. The molecule has 1 aromatic rings. The summed E-state index contributed by atoms with van der Waals surface area (Å²) in [5, 5.41) is 5.82. The van der Waals surface area contributed by atoms with Gasteiger partial charge in [0.2, 0.25) is 0 Å². The van der Waals surface area contributed by atoms with E-state index in [-0.39, 0.29) is 24.3 Å². The lowest BCUT2D eigenvalue weighted by molar-refractivity contribution is 0.0894. The maximum Gasteiger partial charge on any atom is 0.321 e. The van der Waals surface area contributed by atoms with Crippen LogP contribution in [0.25, 0.3) is 0 Å². The predicted molar refractivity (Wildman–Crippen MR) is 112 cm³/mol. The van der Waals surface area contributed by atoms with Gasteiger partial charge in [-0.2, -0.15) is 0 Å². The van der Waals surface area contributed by atoms with Gasteiger partial charge in [0, 0.05) is 51.8 Å². The number of carbonyl (C=O) groups excluding carboxylic acids is 2. The zero-order chi connectivity index (χ0) is 20.8. The quantitative estimate of drug-likeness (QED) is 0.762. The number of ether oxygens (including phenoxy) is 2. The third-order valence-electron chi connectivity index (χ3n) is 5.43. The van der Waals surface area contributed by atoms with Crippen molar-refractivity contribution in [1.29, 1.82) is 0 Å². The van der Waals surface area contributed by atoms with Crippen molar-refractivity contribution < 1.29 is 19.1 Å². The highest BCUT2D eigenvalue weighted by atomic mass is 16.5. The Kier molecular flexibility index (Phi) is 7.33. The number of aryl methyl sites for hydroxylation is 1. The smallest absolute Gasteiger partial charge is 0.321 e. The maximum absolute atomic E-state index is 12.5. The highest BCUT2D eigenvalue weighted by Gasteiger charge is 2.22. The molecule has 2 fully saturated rings. The average Bonchev–Trinajstić information content (AvgIpc) is 3.38. The van der Waals surface area contributed by atoms with Crippen LogP contribution in [0.15, 0.2) is 18.2 Å². The molecule has 3 rings (SSSR count). The SMILES string of the molecule is Cc1ccc(NC(=O)N(C)CC2CCCO2)cc1NC(=O)N(C)CC1CCCO1. The zero-order valence-corrected chi connectivity index (χ0v) is 17.6. The highest BCUT2D eigenvalue weighted by Crippen LogP contribution is 2.22. The van der Waals surface area contributed by atoms with E-state index in [1.807, 2.05) is 19.1 Å². The fourth-order valence-electron chi connectivity index (χ4n) is 3.62. The molecule has 4 amide bonds. The van der Waals surface area contributed by atoms with Gasteiger partial charge in [-0.15, -0.1) is 0 Å². The van der Waals surface area contributed by atoms with Crippen LogP contribution in [-0.2, 0) is 9.47 Å². The van der Waals surface area contributed by atoms with Crippen LogP contribution in [0.4, 0.5) is 21.0 Å². The number of anilines is 2. The van der Waals surface area contributed by atoms with Crippen LogP contribution in [0.3, 0.4) is 0 Å². The topological polar surface area (TPSA) is 83.1 Å². The third-order valence-corrected chi connectivity index (χ3v) is 5.43. The summed E-state index contributed by atoms with van der Waals surface area (Å²) in [6, 6.07) is 5.11. The highest BCUT2D eigenvalue weighted by molar-refractivity contribution is 5.93. The predicted octanol–water partition coefficient (Wildman–Crippen LogP) is 3.28. The van der Waals surface area contributed by atoms with E-state index in [4.69, 9.17) is 9.47 Å². The fraction of sp³-hybridized carbons (Fsp3) is 0.619. The largest absolute Gasteiger partial charge is 0.376 e. The van der Waals surface area contributed by atoms with Crippen molar-refractivity contribution in [2.75, 3.05) is 51.0 Å². The number of amides is 4. The van der Waals surface area contributed by atoms with Crippen molar-refractivity contribution in [3.8, 4) is 0 Å². The molecule has 2 atom stereocenters. The van der Waals surface area contributed by atoms with Crippen molar-refractivity contribution in [1.82, 2.24) is 9.80 Å². The molecule has 2 unspecified atom stereocenters. The molecule has 8 nitrogen and oxygen atoms in total. The molecule has 2 N–H and O–H groups in total.